The van der Waals surface area contributed by atoms with E-state index in [1.165, 1.54) is 5.69 Å². The molecular formula is C8H13N3. The van der Waals surface area contributed by atoms with E-state index in [0.717, 1.165) is 18.8 Å². The van der Waals surface area contributed by atoms with Crippen LogP contribution in [0.25, 0.3) is 0 Å². The molecule has 0 radical (unpaired) electrons. The minimum absolute atomic E-state index is 0.601. The molecule has 0 atom stereocenters. The molecule has 1 aromatic rings. The summed E-state index contributed by atoms with van der Waals surface area (Å²) in [6.07, 6.45) is 0. The van der Waals surface area contributed by atoms with Crippen LogP contribution in [0.15, 0.2) is 6.07 Å². The van der Waals surface area contributed by atoms with Crippen LogP contribution in [0.2, 0.25) is 0 Å². The smallest absolute Gasteiger partial charge is 0.0770 e. The van der Waals surface area contributed by atoms with E-state index in [1.807, 2.05) is 6.92 Å². The first-order valence-corrected chi connectivity index (χ1v) is 4.01. The van der Waals surface area contributed by atoms with Crippen molar-refractivity contribution in [3.63, 3.8) is 0 Å². The number of nitrogens with zero attached hydrogens (tertiary/aromatic N) is 2. The number of hydrogen-bond donors (Lipinski definition) is 1. The Morgan fingerprint density at radius 3 is 2.64 bits per heavy atom. The normalized spacial score (nSPS) is 18.4. The van der Waals surface area contributed by atoms with Gasteiger partial charge >= 0.3 is 0 Å². The number of hydrogen-bond acceptors (Lipinski definition) is 2. The van der Waals surface area contributed by atoms with E-state index in [1.54, 1.807) is 0 Å². The van der Waals surface area contributed by atoms with Gasteiger partial charge < -0.3 is 5.32 Å². The highest BCUT2D eigenvalue weighted by Crippen LogP contribution is 2.13. The highest BCUT2D eigenvalue weighted by atomic mass is 15.3. The van der Waals surface area contributed by atoms with Crippen LogP contribution in [0.5, 0.6) is 0 Å². The van der Waals surface area contributed by atoms with Crippen molar-refractivity contribution in [2.75, 3.05) is 13.1 Å². The summed E-state index contributed by atoms with van der Waals surface area (Å²) < 4.78 is 2.12. The Kier molecular flexibility index (Phi) is 1.46. The van der Waals surface area contributed by atoms with Crippen molar-refractivity contribution >= 4 is 0 Å². The van der Waals surface area contributed by atoms with Gasteiger partial charge in [0.2, 0.25) is 0 Å². The summed E-state index contributed by atoms with van der Waals surface area (Å²) in [6, 6.07) is 2.72. The van der Waals surface area contributed by atoms with Crippen LogP contribution in [0.3, 0.4) is 0 Å². The zero-order valence-corrected chi connectivity index (χ0v) is 6.96. The van der Waals surface area contributed by atoms with Gasteiger partial charge in [0.15, 0.2) is 0 Å². The Hall–Kier alpha value is -0.830. The van der Waals surface area contributed by atoms with Crippen molar-refractivity contribution in [2.24, 2.45) is 0 Å². The molecule has 0 spiro atoms. The minimum atomic E-state index is 0.601. The molecule has 0 bridgehead atoms. The minimum Gasteiger partial charge on any atom is -0.312 e. The van der Waals surface area contributed by atoms with Crippen LogP contribution in [0.1, 0.15) is 17.4 Å². The zero-order valence-electron chi connectivity index (χ0n) is 6.96. The maximum Gasteiger partial charge on any atom is 0.0770 e. The van der Waals surface area contributed by atoms with E-state index >= 15 is 0 Å². The molecule has 60 valence electrons. The average Bonchev–Trinajstić information content (AvgIpc) is 2.07. The molecule has 1 aliphatic heterocycles. The lowest BCUT2D eigenvalue weighted by atomic mass is 10.2. The van der Waals surface area contributed by atoms with Gasteiger partial charge in [-0.2, -0.15) is 5.10 Å². The predicted molar refractivity (Wildman–Crippen MR) is 43.6 cm³/mol. The van der Waals surface area contributed by atoms with E-state index < -0.39 is 0 Å². The summed E-state index contributed by atoms with van der Waals surface area (Å²) in [7, 11) is 0. The zero-order chi connectivity index (χ0) is 7.84. The molecule has 0 unspecified atom stereocenters. The Morgan fingerprint density at radius 2 is 2.27 bits per heavy atom. The first kappa shape index (κ1) is 6.85. The largest absolute Gasteiger partial charge is 0.312 e. The molecule has 0 aromatic carbocycles. The van der Waals surface area contributed by atoms with E-state index in [0.29, 0.717) is 6.04 Å². The molecular weight excluding hydrogens is 138 g/mol. The Labute approximate surface area is 66.4 Å². The first-order valence-electron chi connectivity index (χ1n) is 4.01. The van der Waals surface area contributed by atoms with Gasteiger partial charge in [-0.05, 0) is 19.9 Å². The van der Waals surface area contributed by atoms with Gasteiger partial charge in [0.25, 0.3) is 0 Å². The van der Waals surface area contributed by atoms with Crippen molar-refractivity contribution in [2.45, 2.75) is 19.9 Å². The summed E-state index contributed by atoms with van der Waals surface area (Å²) in [4.78, 5) is 0. The Bertz CT molecular complexity index is 260. The molecule has 0 amide bonds. The average molecular weight is 151 g/mol. The maximum atomic E-state index is 4.41. The van der Waals surface area contributed by atoms with Gasteiger partial charge in [0, 0.05) is 18.8 Å². The van der Waals surface area contributed by atoms with Crippen molar-refractivity contribution in [1.82, 2.24) is 15.1 Å². The summed E-state index contributed by atoms with van der Waals surface area (Å²) in [5, 5.41) is 7.64. The SMILES string of the molecule is Cc1cc(C)n(C2CNC2)n1. The highest BCUT2D eigenvalue weighted by Gasteiger charge is 2.20. The molecule has 1 aliphatic rings. The Morgan fingerprint density at radius 1 is 1.55 bits per heavy atom. The van der Waals surface area contributed by atoms with E-state index in [-0.39, 0.29) is 0 Å². The fourth-order valence-electron chi connectivity index (χ4n) is 1.46. The summed E-state index contributed by atoms with van der Waals surface area (Å²) in [5.41, 5.74) is 2.39. The first-order chi connectivity index (χ1) is 5.27. The standard InChI is InChI=1S/C8H13N3/c1-6-3-7(2)11(10-6)8-4-9-5-8/h3,8-9H,4-5H2,1-2H3. The molecule has 1 aromatic heterocycles. The molecule has 0 saturated carbocycles. The van der Waals surface area contributed by atoms with Gasteiger partial charge in [-0.3, -0.25) is 4.68 Å². The van der Waals surface area contributed by atoms with Crippen LogP contribution < -0.4 is 5.32 Å². The molecule has 1 N–H and O–H groups in total. The molecule has 1 saturated heterocycles. The van der Waals surface area contributed by atoms with Gasteiger partial charge in [0.1, 0.15) is 0 Å². The molecule has 1 fully saturated rings. The third-order valence-electron chi connectivity index (χ3n) is 2.15. The van der Waals surface area contributed by atoms with E-state index in [9.17, 15) is 0 Å². The quantitative estimate of drug-likeness (QED) is 0.638. The van der Waals surface area contributed by atoms with Gasteiger partial charge in [-0.15, -0.1) is 0 Å². The van der Waals surface area contributed by atoms with Crippen molar-refractivity contribution < 1.29 is 0 Å². The van der Waals surface area contributed by atoms with Crippen LogP contribution in [-0.4, -0.2) is 22.9 Å². The second kappa shape index (κ2) is 2.34. The van der Waals surface area contributed by atoms with Crippen molar-refractivity contribution in [1.29, 1.82) is 0 Å². The molecule has 0 aliphatic carbocycles. The lowest BCUT2D eigenvalue weighted by Crippen LogP contribution is -2.44. The number of aromatic nitrogens is 2. The number of nitrogens with one attached hydrogen (secondary N) is 1. The highest BCUT2D eigenvalue weighted by molar-refractivity contribution is 5.08. The Balaban J connectivity index is 2.28. The summed E-state index contributed by atoms with van der Waals surface area (Å²) in [6.45, 7) is 6.29. The molecule has 3 heteroatoms. The van der Waals surface area contributed by atoms with Gasteiger partial charge in [0.05, 0.1) is 11.7 Å². The monoisotopic (exact) mass is 151 g/mol. The van der Waals surface area contributed by atoms with E-state index in [2.05, 4.69) is 28.1 Å². The molecule has 3 nitrogen and oxygen atoms in total. The van der Waals surface area contributed by atoms with Crippen molar-refractivity contribution in [3.8, 4) is 0 Å². The molecule has 2 heterocycles. The number of rotatable bonds is 1. The third kappa shape index (κ3) is 1.05. The fraction of sp³-hybridized carbons (Fsp3) is 0.625. The lowest BCUT2D eigenvalue weighted by Gasteiger charge is -2.28. The number of aryl methyl sites for hydroxylation is 2. The lowest BCUT2D eigenvalue weighted by molar-refractivity contribution is 0.312. The van der Waals surface area contributed by atoms with Crippen LogP contribution in [0, 0.1) is 13.8 Å². The van der Waals surface area contributed by atoms with Crippen LogP contribution in [0.4, 0.5) is 0 Å². The summed E-state index contributed by atoms with van der Waals surface area (Å²) in [5.74, 6) is 0. The third-order valence-corrected chi connectivity index (χ3v) is 2.15. The molecule has 11 heavy (non-hydrogen) atoms. The fourth-order valence-corrected chi connectivity index (χ4v) is 1.46. The van der Waals surface area contributed by atoms with Gasteiger partial charge in [-0.1, -0.05) is 0 Å². The molecule has 2 rings (SSSR count). The topological polar surface area (TPSA) is 29.9 Å². The van der Waals surface area contributed by atoms with Crippen LogP contribution >= 0.6 is 0 Å². The van der Waals surface area contributed by atoms with E-state index in [4.69, 9.17) is 0 Å². The van der Waals surface area contributed by atoms with Crippen molar-refractivity contribution in [3.05, 3.63) is 17.5 Å². The van der Waals surface area contributed by atoms with Crippen LogP contribution in [-0.2, 0) is 0 Å². The second-order valence-electron chi connectivity index (χ2n) is 3.18. The predicted octanol–water partition coefficient (Wildman–Crippen LogP) is 0.644. The summed E-state index contributed by atoms with van der Waals surface area (Å²) >= 11 is 0. The van der Waals surface area contributed by atoms with Gasteiger partial charge in [-0.25, -0.2) is 0 Å². The second-order valence-corrected chi connectivity index (χ2v) is 3.18. The maximum absolute atomic E-state index is 4.41.